The number of benzene rings is 1. The van der Waals surface area contributed by atoms with Crippen LogP contribution in [0.2, 0.25) is 0 Å². The number of anilines is 1. The molecule has 0 aromatic heterocycles. The molecule has 1 aromatic carbocycles. The van der Waals surface area contributed by atoms with E-state index in [0.29, 0.717) is 6.04 Å². The molecule has 1 aromatic rings. The maximum atomic E-state index is 5.48. The standard InChI is InChI=1S/C16H26N2O/c1-4-19-11-10-18-9-5-6-15-12-14(13(2)17-3)7-8-16(15)18/h7-8,12-13,17H,4-6,9-11H2,1-3H3. The molecule has 1 unspecified atom stereocenters. The zero-order valence-electron chi connectivity index (χ0n) is 12.4. The summed E-state index contributed by atoms with van der Waals surface area (Å²) in [7, 11) is 2.01. The van der Waals surface area contributed by atoms with Crippen LogP contribution in [-0.4, -0.2) is 33.4 Å². The predicted molar refractivity (Wildman–Crippen MR) is 80.9 cm³/mol. The van der Waals surface area contributed by atoms with Crippen LogP contribution < -0.4 is 10.2 Å². The van der Waals surface area contributed by atoms with Gasteiger partial charge in [-0.25, -0.2) is 0 Å². The fraction of sp³-hybridized carbons (Fsp3) is 0.625. The number of rotatable bonds is 6. The highest BCUT2D eigenvalue weighted by Gasteiger charge is 2.17. The molecular weight excluding hydrogens is 236 g/mol. The summed E-state index contributed by atoms with van der Waals surface area (Å²) in [6, 6.07) is 7.32. The second-order valence-electron chi connectivity index (χ2n) is 5.19. The molecule has 0 bridgehead atoms. The Kier molecular flexibility index (Phi) is 5.23. The first-order valence-electron chi connectivity index (χ1n) is 7.39. The topological polar surface area (TPSA) is 24.5 Å². The van der Waals surface area contributed by atoms with Crippen molar-refractivity contribution in [2.24, 2.45) is 0 Å². The van der Waals surface area contributed by atoms with E-state index in [2.05, 4.69) is 42.3 Å². The fourth-order valence-corrected chi connectivity index (χ4v) is 2.68. The monoisotopic (exact) mass is 262 g/mol. The molecule has 1 aliphatic rings. The fourth-order valence-electron chi connectivity index (χ4n) is 2.68. The van der Waals surface area contributed by atoms with Crippen LogP contribution in [0.15, 0.2) is 18.2 Å². The summed E-state index contributed by atoms with van der Waals surface area (Å²) in [5.74, 6) is 0. The Morgan fingerprint density at radius 3 is 3.00 bits per heavy atom. The molecule has 1 aliphatic heterocycles. The molecule has 19 heavy (non-hydrogen) atoms. The number of hydrogen-bond acceptors (Lipinski definition) is 3. The van der Waals surface area contributed by atoms with Gasteiger partial charge in [0.15, 0.2) is 0 Å². The van der Waals surface area contributed by atoms with Gasteiger partial charge in [-0.05, 0) is 50.9 Å². The van der Waals surface area contributed by atoms with Gasteiger partial charge >= 0.3 is 0 Å². The molecule has 2 rings (SSSR count). The van der Waals surface area contributed by atoms with Crippen LogP contribution >= 0.6 is 0 Å². The summed E-state index contributed by atoms with van der Waals surface area (Å²) in [6.45, 7) is 8.04. The Hall–Kier alpha value is -1.06. The van der Waals surface area contributed by atoms with E-state index in [4.69, 9.17) is 4.74 Å². The second-order valence-corrected chi connectivity index (χ2v) is 5.19. The molecule has 0 saturated heterocycles. The van der Waals surface area contributed by atoms with Crippen molar-refractivity contribution in [2.75, 3.05) is 38.3 Å². The molecular formula is C16H26N2O. The van der Waals surface area contributed by atoms with Gasteiger partial charge in [0.05, 0.1) is 6.61 Å². The van der Waals surface area contributed by atoms with Gasteiger partial charge in [-0.15, -0.1) is 0 Å². The van der Waals surface area contributed by atoms with Crippen LogP contribution in [0.25, 0.3) is 0 Å². The molecule has 0 radical (unpaired) electrons. The van der Waals surface area contributed by atoms with Crippen molar-refractivity contribution in [3.63, 3.8) is 0 Å². The second kappa shape index (κ2) is 6.92. The highest BCUT2D eigenvalue weighted by Crippen LogP contribution is 2.29. The van der Waals surface area contributed by atoms with Gasteiger partial charge in [0, 0.05) is 31.4 Å². The number of nitrogens with zero attached hydrogens (tertiary/aromatic N) is 1. The Balaban J connectivity index is 2.11. The van der Waals surface area contributed by atoms with Crippen LogP contribution in [0, 0.1) is 0 Å². The molecule has 1 N–H and O–H groups in total. The SMILES string of the molecule is CCOCCN1CCCc2cc(C(C)NC)ccc21. The van der Waals surface area contributed by atoms with Crippen molar-refractivity contribution in [1.82, 2.24) is 5.32 Å². The van der Waals surface area contributed by atoms with E-state index in [9.17, 15) is 0 Å². The number of aryl methyl sites for hydroxylation is 1. The summed E-state index contributed by atoms with van der Waals surface area (Å²) in [4.78, 5) is 2.46. The molecule has 0 amide bonds. The normalized spacial score (nSPS) is 16.3. The largest absolute Gasteiger partial charge is 0.380 e. The Morgan fingerprint density at radius 1 is 1.42 bits per heavy atom. The highest BCUT2D eigenvalue weighted by molar-refractivity contribution is 5.57. The van der Waals surface area contributed by atoms with E-state index in [0.717, 1.165) is 26.3 Å². The molecule has 0 fully saturated rings. The van der Waals surface area contributed by atoms with Gasteiger partial charge in [0.2, 0.25) is 0 Å². The number of hydrogen-bond donors (Lipinski definition) is 1. The molecule has 0 spiro atoms. The zero-order valence-corrected chi connectivity index (χ0v) is 12.4. The number of ether oxygens (including phenoxy) is 1. The van der Waals surface area contributed by atoms with Crippen molar-refractivity contribution in [3.05, 3.63) is 29.3 Å². The summed E-state index contributed by atoms with van der Waals surface area (Å²) < 4.78 is 5.48. The molecule has 3 heteroatoms. The molecule has 3 nitrogen and oxygen atoms in total. The van der Waals surface area contributed by atoms with Crippen LogP contribution in [0.4, 0.5) is 5.69 Å². The first-order valence-corrected chi connectivity index (χ1v) is 7.39. The molecule has 0 saturated carbocycles. The summed E-state index contributed by atoms with van der Waals surface area (Å²) in [5, 5.41) is 3.31. The van der Waals surface area contributed by atoms with Crippen molar-refractivity contribution in [3.8, 4) is 0 Å². The quantitative estimate of drug-likeness (QED) is 0.798. The Labute approximate surface area is 116 Å². The molecule has 106 valence electrons. The lowest BCUT2D eigenvalue weighted by Gasteiger charge is -2.32. The first kappa shape index (κ1) is 14.4. The van der Waals surface area contributed by atoms with Crippen LogP contribution in [0.1, 0.15) is 37.4 Å². The van der Waals surface area contributed by atoms with Crippen LogP contribution in [0.5, 0.6) is 0 Å². The van der Waals surface area contributed by atoms with Crippen molar-refractivity contribution in [1.29, 1.82) is 0 Å². The lowest BCUT2D eigenvalue weighted by atomic mass is 9.97. The minimum absolute atomic E-state index is 0.420. The van der Waals surface area contributed by atoms with Gasteiger partial charge in [0.25, 0.3) is 0 Å². The van der Waals surface area contributed by atoms with Crippen LogP contribution in [0.3, 0.4) is 0 Å². The van der Waals surface area contributed by atoms with E-state index in [1.54, 1.807) is 0 Å². The maximum absolute atomic E-state index is 5.48. The van der Waals surface area contributed by atoms with Gasteiger partial charge in [-0.1, -0.05) is 12.1 Å². The first-order chi connectivity index (χ1) is 9.26. The van der Waals surface area contributed by atoms with E-state index < -0.39 is 0 Å². The smallest absolute Gasteiger partial charge is 0.0641 e. The van der Waals surface area contributed by atoms with Gasteiger partial charge in [0.1, 0.15) is 0 Å². The average molecular weight is 262 g/mol. The van der Waals surface area contributed by atoms with Crippen molar-refractivity contribution >= 4 is 5.69 Å². The van der Waals surface area contributed by atoms with Gasteiger partial charge < -0.3 is 15.0 Å². The highest BCUT2D eigenvalue weighted by atomic mass is 16.5. The van der Waals surface area contributed by atoms with Crippen molar-refractivity contribution < 1.29 is 4.74 Å². The van der Waals surface area contributed by atoms with E-state index in [1.165, 1.54) is 29.7 Å². The van der Waals surface area contributed by atoms with Gasteiger partial charge in [-0.2, -0.15) is 0 Å². The minimum Gasteiger partial charge on any atom is -0.380 e. The molecule has 1 atom stereocenters. The third-order valence-corrected chi connectivity index (χ3v) is 3.96. The average Bonchev–Trinajstić information content (AvgIpc) is 2.46. The lowest BCUT2D eigenvalue weighted by Crippen LogP contribution is -2.32. The summed E-state index contributed by atoms with van der Waals surface area (Å²) >= 11 is 0. The lowest BCUT2D eigenvalue weighted by molar-refractivity contribution is 0.153. The van der Waals surface area contributed by atoms with E-state index >= 15 is 0 Å². The van der Waals surface area contributed by atoms with Crippen molar-refractivity contribution in [2.45, 2.75) is 32.7 Å². The zero-order chi connectivity index (χ0) is 13.7. The van der Waals surface area contributed by atoms with E-state index in [-0.39, 0.29) is 0 Å². The molecule has 1 heterocycles. The van der Waals surface area contributed by atoms with Gasteiger partial charge in [-0.3, -0.25) is 0 Å². The predicted octanol–water partition coefficient (Wildman–Crippen LogP) is 2.76. The number of fused-ring (bicyclic) bond motifs is 1. The molecule has 0 aliphatic carbocycles. The van der Waals surface area contributed by atoms with Crippen LogP contribution in [-0.2, 0) is 11.2 Å². The summed E-state index contributed by atoms with van der Waals surface area (Å²) in [5.41, 5.74) is 4.27. The Morgan fingerprint density at radius 2 is 2.26 bits per heavy atom. The Bertz CT molecular complexity index is 406. The summed E-state index contributed by atoms with van der Waals surface area (Å²) in [6.07, 6.45) is 2.45. The minimum atomic E-state index is 0.420. The third kappa shape index (κ3) is 3.48. The maximum Gasteiger partial charge on any atom is 0.0641 e. The van der Waals surface area contributed by atoms with E-state index in [1.807, 2.05) is 7.05 Å². The third-order valence-electron chi connectivity index (χ3n) is 3.96. The number of nitrogens with one attached hydrogen (secondary N) is 1.